The number of carbonyl (C=O) groups is 2. The van der Waals surface area contributed by atoms with Gasteiger partial charge >= 0.3 is 0 Å². The fourth-order valence-corrected chi connectivity index (χ4v) is 4.74. The van der Waals surface area contributed by atoms with E-state index in [9.17, 15) is 14.7 Å². The van der Waals surface area contributed by atoms with Crippen LogP contribution in [-0.4, -0.2) is 79.7 Å². The van der Waals surface area contributed by atoms with E-state index in [0.717, 1.165) is 25.2 Å². The molecule has 0 saturated carbocycles. The minimum atomic E-state index is -0.736. The first-order valence-electron chi connectivity index (χ1n) is 12.4. The van der Waals surface area contributed by atoms with Crippen molar-refractivity contribution >= 4 is 17.4 Å². The normalized spacial score (nSPS) is 20.1. The van der Waals surface area contributed by atoms with Crippen molar-refractivity contribution in [2.45, 2.75) is 26.3 Å². The molecule has 2 fully saturated rings. The molecule has 0 spiro atoms. The van der Waals surface area contributed by atoms with E-state index in [-0.39, 0.29) is 11.3 Å². The topological polar surface area (TPSA) is 88.5 Å². The summed E-state index contributed by atoms with van der Waals surface area (Å²) in [7, 11) is 1.55. The van der Waals surface area contributed by atoms with Crippen LogP contribution in [0.5, 0.6) is 11.5 Å². The monoisotopic (exact) mass is 494 g/mol. The van der Waals surface area contributed by atoms with Crippen molar-refractivity contribution in [3.05, 3.63) is 64.7 Å². The Balaban J connectivity index is 1.71. The van der Waals surface area contributed by atoms with E-state index in [1.165, 1.54) is 0 Å². The molecule has 0 radical (unpaired) electrons. The van der Waals surface area contributed by atoms with Crippen LogP contribution in [0.25, 0.3) is 5.76 Å². The van der Waals surface area contributed by atoms with E-state index in [1.54, 1.807) is 36.3 Å². The molecule has 2 aromatic rings. The van der Waals surface area contributed by atoms with Gasteiger partial charge in [0.1, 0.15) is 5.76 Å². The van der Waals surface area contributed by atoms with Crippen LogP contribution in [0.4, 0.5) is 0 Å². The molecule has 2 saturated heterocycles. The van der Waals surface area contributed by atoms with Crippen molar-refractivity contribution in [1.29, 1.82) is 0 Å². The van der Waals surface area contributed by atoms with Crippen molar-refractivity contribution in [3.8, 4) is 11.5 Å². The Morgan fingerprint density at radius 2 is 1.78 bits per heavy atom. The first-order chi connectivity index (χ1) is 17.4. The van der Waals surface area contributed by atoms with Gasteiger partial charge in [0, 0.05) is 31.7 Å². The second-order valence-corrected chi connectivity index (χ2v) is 9.01. The van der Waals surface area contributed by atoms with Gasteiger partial charge in [-0.2, -0.15) is 0 Å². The number of ether oxygens (including phenoxy) is 3. The molecule has 8 heteroatoms. The molecule has 8 nitrogen and oxygen atoms in total. The fourth-order valence-electron chi connectivity index (χ4n) is 4.74. The molecule has 0 unspecified atom stereocenters. The summed E-state index contributed by atoms with van der Waals surface area (Å²) in [5.41, 5.74) is 2.29. The lowest BCUT2D eigenvalue weighted by atomic mass is 9.94. The molecule has 0 aromatic heterocycles. The van der Waals surface area contributed by atoms with Crippen molar-refractivity contribution < 1.29 is 28.9 Å². The van der Waals surface area contributed by atoms with Gasteiger partial charge in [0.05, 0.1) is 38.5 Å². The lowest BCUT2D eigenvalue weighted by Crippen LogP contribution is -2.39. The third-order valence-corrected chi connectivity index (χ3v) is 6.65. The number of Topliss-reactive ketones (excluding diaryl/α,β-unsaturated/α-hetero) is 1. The van der Waals surface area contributed by atoms with Gasteiger partial charge in [-0.15, -0.1) is 0 Å². The van der Waals surface area contributed by atoms with Crippen LogP contribution in [0.2, 0.25) is 0 Å². The van der Waals surface area contributed by atoms with Gasteiger partial charge in [0.2, 0.25) is 0 Å². The summed E-state index contributed by atoms with van der Waals surface area (Å²) in [6.45, 7) is 8.60. The van der Waals surface area contributed by atoms with Gasteiger partial charge in [-0.3, -0.25) is 14.5 Å². The third kappa shape index (κ3) is 5.39. The van der Waals surface area contributed by atoms with E-state index in [4.69, 9.17) is 14.2 Å². The number of methoxy groups -OCH3 is 1. The maximum Gasteiger partial charge on any atom is 0.295 e. The number of nitrogens with zero attached hydrogens (tertiary/aromatic N) is 2. The Kier molecular flexibility index (Phi) is 8.28. The van der Waals surface area contributed by atoms with Crippen LogP contribution in [-0.2, 0) is 14.3 Å². The summed E-state index contributed by atoms with van der Waals surface area (Å²) in [4.78, 5) is 30.4. The summed E-state index contributed by atoms with van der Waals surface area (Å²) < 4.78 is 16.6. The number of amides is 1. The molecule has 1 amide bonds. The molecular formula is C28H34N2O6. The molecule has 2 aliphatic heterocycles. The molecule has 0 bridgehead atoms. The van der Waals surface area contributed by atoms with Crippen LogP contribution in [0, 0.1) is 6.92 Å². The number of aryl methyl sites for hydroxylation is 1. The van der Waals surface area contributed by atoms with Gasteiger partial charge in [0.15, 0.2) is 11.5 Å². The Bertz CT molecular complexity index is 1120. The smallest absolute Gasteiger partial charge is 0.295 e. The van der Waals surface area contributed by atoms with Crippen molar-refractivity contribution in [2.24, 2.45) is 0 Å². The Labute approximate surface area is 212 Å². The highest BCUT2D eigenvalue weighted by Gasteiger charge is 2.46. The minimum Gasteiger partial charge on any atom is -0.507 e. The predicted molar refractivity (Wildman–Crippen MR) is 136 cm³/mol. The maximum atomic E-state index is 13.3. The zero-order valence-corrected chi connectivity index (χ0v) is 21.2. The van der Waals surface area contributed by atoms with Crippen molar-refractivity contribution in [3.63, 3.8) is 0 Å². The average molecular weight is 495 g/mol. The van der Waals surface area contributed by atoms with Gasteiger partial charge in [-0.05, 0) is 38.0 Å². The van der Waals surface area contributed by atoms with Crippen LogP contribution in [0.3, 0.4) is 0 Å². The number of carbonyl (C=O) groups excluding carboxylic acids is 2. The predicted octanol–water partition coefficient (Wildman–Crippen LogP) is 3.55. The van der Waals surface area contributed by atoms with E-state index >= 15 is 0 Å². The highest BCUT2D eigenvalue weighted by Crippen LogP contribution is 2.42. The number of aliphatic hydroxyl groups is 1. The summed E-state index contributed by atoms with van der Waals surface area (Å²) in [6, 6.07) is 11.9. The van der Waals surface area contributed by atoms with E-state index in [1.807, 2.05) is 32.0 Å². The number of morpholine rings is 1. The number of aliphatic hydroxyl groups excluding tert-OH is 1. The molecule has 2 heterocycles. The lowest BCUT2D eigenvalue weighted by Gasteiger charge is -2.29. The number of rotatable bonds is 9. The van der Waals surface area contributed by atoms with E-state index in [0.29, 0.717) is 55.4 Å². The van der Waals surface area contributed by atoms with E-state index < -0.39 is 17.7 Å². The summed E-state index contributed by atoms with van der Waals surface area (Å²) in [6.07, 6.45) is 0.697. The summed E-state index contributed by atoms with van der Waals surface area (Å²) >= 11 is 0. The van der Waals surface area contributed by atoms with Gasteiger partial charge in [-0.25, -0.2) is 0 Å². The first-order valence-corrected chi connectivity index (χ1v) is 12.4. The first kappa shape index (κ1) is 25.7. The standard InChI is InChI=1S/C28H34N2O6/c1-4-36-22-11-10-21(18-23(22)34-3)25-24(26(31)20-8-6-19(2)7-9-20)27(32)28(33)30(25)13-5-12-29-14-16-35-17-15-29/h6-11,18,25,31H,4-5,12-17H2,1-3H3/t25-/m1/s1. The molecule has 2 aliphatic rings. The number of hydrogen-bond acceptors (Lipinski definition) is 7. The lowest BCUT2D eigenvalue weighted by molar-refractivity contribution is -0.140. The van der Waals surface area contributed by atoms with Crippen LogP contribution < -0.4 is 9.47 Å². The summed E-state index contributed by atoms with van der Waals surface area (Å²) in [5.74, 6) is -0.391. The molecule has 0 aliphatic carbocycles. The highest BCUT2D eigenvalue weighted by atomic mass is 16.5. The minimum absolute atomic E-state index is 0.0847. The second kappa shape index (κ2) is 11.6. The average Bonchev–Trinajstić information content (AvgIpc) is 3.15. The second-order valence-electron chi connectivity index (χ2n) is 9.01. The molecule has 4 rings (SSSR count). The summed E-state index contributed by atoms with van der Waals surface area (Å²) in [5, 5.41) is 11.2. The third-order valence-electron chi connectivity index (χ3n) is 6.65. The van der Waals surface area contributed by atoms with Gasteiger partial charge in [-0.1, -0.05) is 35.9 Å². The molecular weight excluding hydrogens is 460 g/mol. The number of hydrogen-bond donors (Lipinski definition) is 1. The largest absolute Gasteiger partial charge is 0.507 e. The van der Waals surface area contributed by atoms with Gasteiger partial charge < -0.3 is 24.2 Å². The highest BCUT2D eigenvalue weighted by molar-refractivity contribution is 6.46. The number of likely N-dealkylation sites (tertiary alicyclic amines) is 1. The zero-order chi connectivity index (χ0) is 25.7. The molecule has 1 atom stereocenters. The maximum absolute atomic E-state index is 13.3. The molecule has 36 heavy (non-hydrogen) atoms. The molecule has 1 N–H and O–H groups in total. The molecule has 192 valence electrons. The number of benzene rings is 2. The Morgan fingerprint density at radius 1 is 1.06 bits per heavy atom. The number of ketones is 1. The van der Waals surface area contributed by atoms with Crippen LogP contribution in [0.1, 0.15) is 36.1 Å². The SMILES string of the molecule is CCOc1ccc([C@@H]2C(=C(O)c3ccc(C)cc3)C(=O)C(=O)N2CCCN2CCOCC2)cc1OC. The Hall–Kier alpha value is -3.36. The quantitative estimate of drug-likeness (QED) is 0.324. The van der Waals surface area contributed by atoms with Crippen LogP contribution in [0.15, 0.2) is 48.0 Å². The van der Waals surface area contributed by atoms with E-state index in [2.05, 4.69) is 4.90 Å². The van der Waals surface area contributed by atoms with Crippen molar-refractivity contribution in [2.75, 3.05) is 53.1 Å². The Morgan fingerprint density at radius 3 is 2.44 bits per heavy atom. The fraction of sp³-hybridized carbons (Fsp3) is 0.429. The van der Waals surface area contributed by atoms with Crippen molar-refractivity contribution in [1.82, 2.24) is 9.80 Å². The van der Waals surface area contributed by atoms with Crippen LogP contribution >= 0.6 is 0 Å². The molecule has 2 aromatic carbocycles. The van der Waals surface area contributed by atoms with Gasteiger partial charge in [0.25, 0.3) is 11.7 Å². The zero-order valence-electron chi connectivity index (χ0n) is 21.2.